The highest BCUT2D eigenvalue weighted by atomic mass is 32.2. The average molecular weight is 309 g/mol. The number of nitrogens with one attached hydrogen (secondary N) is 1. The minimum absolute atomic E-state index is 0.235. The molecule has 0 amide bonds. The van der Waals surface area contributed by atoms with Gasteiger partial charge in [0.2, 0.25) is 0 Å². The molecule has 7 heteroatoms. The molecule has 2 N–H and O–H groups in total. The molecule has 0 spiro atoms. The van der Waals surface area contributed by atoms with E-state index in [4.69, 9.17) is 5.11 Å². The van der Waals surface area contributed by atoms with Crippen LogP contribution in [0.25, 0.3) is 0 Å². The molecule has 2 rings (SSSR count). The Bertz CT molecular complexity index is 641. The number of pyridine rings is 1. The van der Waals surface area contributed by atoms with E-state index >= 15 is 0 Å². The predicted octanol–water partition coefficient (Wildman–Crippen LogP) is 0.814. The monoisotopic (exact) mass is 309 g/mol. The third kappa shape index (κ3) is 4.43. The van der Waals surface area contributed by atoms with Crippen molar-refractivity contribution in [1.29, 1.82) is 0 Å². The van der Waals surface area contributed by atoms with Crippen LogP contribution < -0.4 is 4.72 Å². The number of aromatic nitrogens is 1. The SMILES string of the molecule is CC1CCN(S(=O)(=O)Nc2cccc(C#CCO)n2)CC1. The summed E-state index contributed by atoms with van der Waals surface area (Å²) in [5, 5.41) is 8.66. The van der Waals surface area contributed by atoms with E-state index in [-0.39, 0.29) is 12.4 Å². The van der Waals surface area contributed by atoms with Gasteiger partial charge in [-0.15, -0.1) is 0 Å². The maximum atomic E-state index is 12.3. The lowest BCUT2D eigenvalue weighted by Crippen LogP contribution is -2.41. The van der Waals surface area contributed by atoms with Gasteiger partial charge in [0.1, 0.15) is 18.1 Å². The van der Waals surface area contributed by atoms with E-state index in [2.05, 4.69) is 28.5 Å². The number of rotatable bonds is 3. The number of anilines is 1. The Hall–Kier alpha value is -1.62. The van der Waals surface area contributed by atoms with Crippen molar-refractivity contribution in [3.63, 3.8) is 0 Å². The first-order valence-electron chi connectivity index (χ1n) is 6.86. The van der Waals surface area contributed by atoms with Crippen molar-refractivity contribution >= 4 is 16.0 Å². The standard InChI is InChI=1S/C14H19N3O3S/c1-12-7-9-17(10-8-12)21(19,20)16-14-6-2-4-13(15-14)5-3-11-18/h2,4,6,12,18H,7-11H2,1H3,(H,15,16). The summed E-state index contributed by atoms with van der Waals surface area (Å²) in [7, 11) is -3.57. The zero-order chi connectivity index (χ0) is 15.3. The summed E-state index contributed by atoms with van der Waals surface area (Å²) < 4.78 is 28.5. The van der Waals surface area contributed by atoms with E-state index in [9.17, 15) is 8.42 Å². The van der Waals surface area contributed by atoms with Gasteiger partial charge in [-0.2, -0.15) is 12.7 Å². The Morgan fingerprint density at radius 3 is 2.81 bits per heavy atom. The summed E-state index contributed by atoms with van der Waals surface area (Å²) in [5.41, 5.74) is 0.413. The highest BCUT2D eigenvalue weighted by Crippen LogP contribution is 2.19. The lowest BCUT2D eigenvalue weighted by Gasteiger charge is -2.29. The topological polar surface area (TPSA) is 82.5 Å². The van der Waals surface area contributed by atoms with Gasteiger partial charge in [-0.05, 0) is 36.8 Å². The fourth-order valence-electron chi connectivity index (χ4n) is 2.11. The van der Waals surface area contributed by atoms with Crippen molar-refractivity contribution in [2.24, 2.45) is 5.92 Å². The number of aliphatic hydroxyl groups is 1. The normalized spacial score (nSPS) is 17.0. The Balaban J connectivity index is 2.09. The fourth-order valence-corrected chi connectivity index (χ4v) is 3.31. The third-order valence-electron chi connectivity index (χ3n) is 3.36. The van der Waals surface area contributed by atoms with Crippen molar-refractivity contribution in [3.05, 3.63) is 23.9 Å². The molecule has 2 heterocycles. The van der Waals surface area contributed by atoms with E-state index in [0.29, 0.717) is 24.7 Å². The first kappa shape index (κ1) is 15.8. The quantitative estimate of drug-likeness (QED) is 0.810. The molecular weight excluding hydrogens is 290 g/mol. The third-order valence-corrected chi connectivity index (χ3v) is 4.87. The van der Waals surface area contributed by atoms with Gasteiger partial charge in [0.15, 0.2) is 0 Å². The maximum absolute atomic E-state index is 12.3. The first-order chi connectivity index (χ1) is 10.0. The van der Waals surface area contributed by atoms with Crippen LogP contribution in [0.4, 0.5) is 5.82 Å². The summed E-state index contributed by atoms with van der Waals surface area (Å²) in [6, 6.07) is 4.90. The average Bonchev–Trinajstić information content (AvgIpc) is 2.45. The van der Waals surface area contributed by atoms with E-state index in [1.54, 1.807) is 18.2 Å². The van der Waals surface area contributed by atoms with Gasteiger partial charge in [0.05, 0.1) is 0 Å². The Morgan fingerprint density at radius 2 is 2.14 bits per heavy atom. The van der Waals surface area contributed by atoms with E-state index < -0.39 is 10.2 Å². The van der Waals surface area contributed by atoms with Crippen molar-refractivity contribution < 1.29 is 13.5 Å². The largest absolute Gasteiger partial charge is 0.384 e. The number of hydrogen-bond acceptors (Lipinski definition) is 4. The molecule has 0 radical (unpaired) electrons. The minimum Gasteiger partial charge on any atom is -0.384 e. The summed E-state index contributed by atoms with van der Waals surface area (Å²) in [6.07, 6.45) is 1.74. The van der Waals surface area contributed by atoms with Gasteiger partial charge in [-0.1, -0.05) is 18.9 Å². The zero-order valence-electron chi connectivity index (χ0n) is 11.9. The van der Waals surface area contributed by atoms with Crippen LogP contribution in [-0.2, 0) is 10.2 Å². The summed E-state index contributed by atoms with van der Waals surface area (Å²) in [4.78, 5) is 4.10. The molecule has 1 saturated heterocycles. The molecule has 0 aromatic carbocycles. The van der Waals surface area contributed by atoms with Crippen LogP contribution in [0, 0.1) is 17.8 Å². The fraction of sp³-hybridized carbons (Fsp3) is 0.500. The van der Waals surface area contributed by atoms with Crippen molar-refractivity contribution in [1.82, 2.24) is 9.29 Å². The molecule has 1 aliphatic rings. The van der Waals surface area contributed by atoms with Crippen molar-refractivity contribution in [2.75, 3.05) is 24.4 Å². The molecule has 1 aromatic rings. The number of aliphatic hydroxyl groups excluding tert-OH is 1. The van der Waals surface area contributed by atoms with Gasteiger partial charge in [0.25, 0.3) is 0 Å². The van der Waals surface area contributed by atoms with Crippen LogP contribution in [0.15, 0.2) is 18.2 Å². The molecule has 0 unspecified atom stereocenters. The molecule has 0 saturated carbocycles. The maximum Gasteiger partial charge on any atom is 0.302 e. The molecule has 0 atom stereocenters. The van der Waals surface area contributed by atoms with Gasteiger partial charge in [0, 0.05) is 13.1 Å². The van der Waals surface area contributed by atoms with Crippen LogP contribution in [0.5, 0.6) is 0 Å². The van der Waals surface area contributed by atoms with Crippen LogP contribution in [0.2, 0.25) is 0 Å². The van der Waals surface area contributed by atoms with Crippen LogP contribution in [-0.4, -0.2) is 42.5 Å². The molecule has 0 aliphatic carbocycles. The Kier molecular flexibility index (Phi) is 5.17. The Labute approximate surface area is 125 Å². The molecule has 0 bridgehead atoms. The minimum atomic E-state index is -3.57. The van der Waals surface area contributed by atoms with Crippen molar-refractivity contribution in [2.45, 2.75) is 19.8 Å². The van der Waals surface area contributed by atoms with Crippen LogP contribution >= 0.6 is 0 Å². The van der Waals surface area contributed by atoms with Crippen LogP contribution in [0.1, 0.15) is 25.5 Å². The first-order valence-corrected chi connectivity index (χ1v) is 8.30. The molecular formula is C14H19N3O3S. The molecule has 1 aromatic heterocycles. The lowest BCUT2D eigenvalue weighted by atomic mass is 10.0. The lowest BCUT2D eigenvalue weighted by molar-refractivity contribution is 0.289. The Morgan fingerprint density at radius 1 is 1.43 bits per heavy atom. The summed E-state index contributed by atoms with van der Waals surface area (Å²) >= 11 is 0. The highest BCUT2D eigenvalue weighted by molar-refractivity contribution is 7.90. The van der Waals surface area contributed by atoms with Gasteiger partial charge >= 0.3 is 10.2 Å². The van der Waals surface area contributed by atoms with Gasteiger partial charge < -0.3 is 5.11 Å². The van der Waals surface area contributed by atoms with Crippen LogP contribution in [0.3, 0.4) is 0 Å². The molecule has 6 nitrogen and oxygen atoms in total. The second kappa shape index (κ2) is 6.89. The second-order valence-corrected chi connectivity index (χ2v) is 6.73. The molecule has 21 heavy (non-hydrogen) atoms. The highest BCUT2D eigenvalue weighted by Gasteiger charge is 2.26. The van der Waals surface area contributed by atoms with E-state index in [1.807, 2.05) is 0 Å². The van der Waals surface area contributed by atoms with E-state index in [1.165, 1.54) is 4.31 Å². The number of piperidine rings is 1. The predicted molar refractivity (Wildman–Crippen MR) is 80.7 cm³/mol. The van der Waals surface area contributed by atoms with Gasteiger partial charge in [-0.25, -0.2) is 4.98 Å². The molecule has 1 aliphatic heterocycles. The zero-order valence-corrected chi connectivity index (χ0v) is 12.7. The van der Waals surface area contributed by atoms with Crippen molar-refractivity contribution in [3.8, 4) is 11.8 Å². The van der Waals surface area contributed by atoms with E-state index in [0.717, 1.165) is 12.8 Å². The molecule has 1 fully saturated rings. The number of nitrogens with zero attached hydrogens (tertiary/aromatic N) is 2. The smallest absolute Gasteiger partial charge is 0.302 e. The van der Waals surface area contributed by atoms with Gasteiger partial charge in [-0.3, -0.25) is 4.72 Å². The molecule has 114 valence electrons. The second-order valence-electron chi connectivity index (χ2n) is 5.06. The summed E-state index contributed by atoms with van der Waals surface area (Å²) in [6.45, 7) is 2.92. The summed E-state index contributed by atoms with van der Waals surface area (Å²) in [5.74, 6) is 5.92. The number of hydrogen-bond donors (Lipinski definition) is 2.